The van der Waals surface area contributed by atoms with Crippen LogP contribution >= 0.6 is 15.9 Å². The second-order valence-corrected chi connectivity index (χ2v) is 5.45. The fraction of sp³-hybridized carbons (Fsp3) is 0.538. The Bertz CT molecular complexity index is 352. The van der Waals surface area contributed by atoms with Crippen molar-refractivity contribution in [3.05, 3.63) is 33.8 Å². The number of hydrogen-bond donors (Lipinski definition) is 2. The minimum Gasteiger partial charge on any atom is -0.388 e. The van der Waals surface area contributed by atoms with Gasteiger partial charge in [0.05, 0.1) is 6.10 Å². The van der Waals surface area contributed by atoms with Crippen molar-refractivity contribution >= 4 is 15.9 Å². The summed E-state index contributed by atoms with van der Waals surface area (Å²) in [6, 6.07) is 5.94. The summed E-state index contributed by atoms with van der Waals surface area (Å²) in [6.45, 7) is 6.71. The molecule has 0 fully saturated rings. The largest absolute Gasteiger partial charge is 0.388 e. The van der Waals surface area contributed by atoms with Crippen LogP contribution in [0.4, 0.5) is 0 Å². The summed E-state index contributed by atoms with van der Waals surface area (Å²) in [5.74, 6) is 0.490. The molecule has 0 bridgehead atoms. The van der Waals surface area contributed by atoms with Crippen molar-refractivity contribution in [3.63, 3.8) is 0 Å². The second-order valence-electron chi connectivity index (χ2n) is 4.60. The van der Waals surface area contributed by atoms with E-state index in [0.717, 1.165) is 15.6 Å². The molecule has 16 heavy (non-hydrogen) atoms. The predicted molar refractivity (Wildman–Crippen MR) is 71.2 cm³/mol. The van der Waals surface area contributed by atoms with Gasteiger partial charge >= 0.3 is 0 Å². The highest BCUT2D eigenvalue weighted by Gasteiger charge is 2.22. The highest BCUT2D eigenvalue weighted by atomic mass is 79.9. The van der Waals surface area contributed by atoms with Crippen LogP contribution in [-0.2, 0) is 0 Å². The smallest absolute Gasteiger partial charge is 0.0832 e. The van der Waals surface area contributed by atoms with E-state index < -0.39 is 6.10 Å². The molecule has 2 unspecified atom stereocenters. The minimum absolute atomic E-state index is 0.112. The first-order chi connectivity index (χ1) is 7.47. The van der Waals surface area contributed by atoms with Crippen LogP contribution in [0.15, 0.2) is 22.7 Å². The van der Waals surface area contributed by atoms with Crippen LogP contribution in [0.2, 0.25) is 0 Å². The molecule has 0 aliphatic carbocycles. The fourth-order valence-electron chi connectivity index (χ4n) is 1.86. The van der Waals surface area contributed by atoms with Crippen molar-refractivity contribution in [1.29, 1.82) is 0 Å². The first kappa shape index (κ1) is 13.7. The van der Waals surface area contributed by atoms with Gasteiger partial charge in [-0.15, -0.1) is 0 Å². The van der Waals surface area contributed by atoms with Crippen LogP contribution in [0.1, 0.15) is 31.1 Å². The Labute approximate surface area is 106 Å². The van der Waals surface area contributed by atoms with Crippen LogP contribution in [0.5, 0.6) is 0 Å². The van der Waals surface area contributed by atoms with Crippen molar-refractivity contribution in [2.75, 3.05) is 6.54 Å². The standard InChI is InChI=1S/C13H20BrNO/c1-8(2)11(7-15)13(16)10-4-5-12(14)9(3)6-10/h4-6,8,11,13,16H,7,15H2,1-3H3. The average Bonchev–Trinajstić information content (AvgIpc) is 2.22. The molecule has 2 atom stereocenters. The molecule has 0 aliphatic rings. The van der Waals surface area contributed by atoms with Gasteiger partial charge in [0.1, 0.15) is 0 Å². The van der Waals surface area contributed by atoms with Crippen LogP contribution in [0, 0.1) is 18.8 Å². The summed E-state index contributed by atoms with van der Waals surface area (Å²) in [5, 5.41) is 10.3. The van der Waals surface area contributed by atoms with Gasteiger partial charge in [-0.25, -0.2) is 0 Å². The number of aliphatic hydroxyl groups is 1. The molecule has 3 heteroatoms. The van der Waals surface area contributed by atoms with Crippen molar-refractivity contribution in [2.24, 2.45) is 17.6 Å². The SMILES string of the molecule is Cc1cc(C(O)C(CN)C(C)C)ccc1Br. The summed E-state index contributed by atoms with van der Waals surface area (Å²) < 4.78 is 1.07. The lowest BCUT2D eigenvalue weighted by molar-refractivity contribution is 0.0860. The highest BCUT2D eigenvalue weighted by molar-refractivity contribution is 9.10. The van der Waals surface area contributed by atoms with Crippen LogP contribution in [0.3, 0.4) is 0 Å². The molecule has 0 heterocycles. The molecular formula is C13H20BrNO. The van der Waals surface area contributed by atoms with Gasteiger partial charge < -0.3 is 10.8 Å². The maximum absolute atomic E-state index is 10.3. The molecule has 0 saturated carbocycles. The minimum atomic E-state index is -0.475. The van der Waals surface area contributed by atoms with Gasteiger partial charge in [0.15, 0.2) is 0 Å². The third-order valence-corrected chi connectivity index (χ3v) is 3.95. The van der Waals surface area contributed by atoms with E-state index in [9.17, 15) is 5.11 Å². The number of benzene rings is 1. The molecule has 0 aromatic heterocycles. The summed E-state index contributed by atoms with van der Waals surface area (Å²) in [4.78, 5) is 0. The number of aliphatic hydroxyl groups excluding tert-OH is 1. The summed E-state index contributed by atoms with van der Waals surface area (Å²) in [7, 11) is 0. The zero-order valence-corrected chi connectivity index (χ0v) is 11.7. The first-order valence-electron chi connectivity index (χ1n) is 5.61. The van der Waals surface area contributed by atoms with Gasteiger partial charge in [0.25, 0.3) is 0 Å². The third kappa shape index (κ3) is 3.06. The van der Waals surface area contributed by atoms with Gasteiger partial charge in [0.2, 0.25) is 0 Å². The van der Waals surface area contributed by atoms with E-state index in [-0.39, 0.29) is 5.92 Å². The van der Waals surface area contributed by atoms with Crippen molar-refractivity contribution in [2.45, 2.75) is 26.9 Å². The predicted octanol–water partition coefficient (Wildman–Crippen LogP) is 3.02. The molecule has 1 rings (SSSR count). The quantitative estimate of drug-likeness (QED) is 0.893. The zero-order chi connectivity index (χ0) is 12.3. The van der Waals surface area contributed by atoms with Gasteiger partial charge in [-0.2, -0.15) is 0 Å². The molecule has 0 spiro atoms. The molecule has 1 aromatic carbocycles. The Balaban J connectivity index is 2.94. The Hall–Kier alpha value is -0.380. The maximum atomic E-state index is 10.3. The van der Waals surface area contributed by atoms with E-state index in [2.05, 4.69) is 29.8 Å². The van der Waals surface area contributed by atoms with Crippen LogP contribution in [-0.4, -0.2) is 11.7 Å². The average molecular weight is 286 g/mol. The molecule has 3 N–H and O–H groups in total. The van der Waals surface area contributed by atoms with Crippen LogP contribution < -0.4 is 5.73 Å². The number of halogens is 1. The number of rotatable bonds is 4. The molecule has 1 aromatic rings. The number of nitrogens with two attached hydrogens (primary N) is 1. The van der Waals surface area contributed by atoms with E-state index in [1.165, 1.54) is 0 Å². The van der Waals surface area contributed by atoms with Gasteiger partial charge in [-0.05, 0) is 36.6 Å². The number of hydrogen-bond acceptors (Lipinski definition) is 2. The van der Waals surface area contributed by atoms with Crippen LogP contribution in [0.25, 0.3) is 0 Å². The fourth-order valence-corrected chi connectivity index (χ4v) is 2.11. The maximum Gasteiger partial charge on any atom is 0.0832 e. The Morgan fingerprint density at radius 3 is 2.44 bits per heavy atom. The zero-order valence-electron chi connectivity index (χ0n) is 10.1. The highest BCUT2D eigenvalue weighted by Crippen LogP contribution is 2.29. The lowest BCUT2D eigenvalue weighted by Gasteiger charge is -2.25. The van der Waals surface area contributed by atoms with Gasteiger partial charge in [-0.1, -0.05) is 41.9 Å². The molecule has 0 radical (unpaired) electrons. The second kappa shape index (κ2) is 5.80. The van der Waals surface area contributed by atoms with E-state index in [1.54, 1.807) is 0 Å². The molecule has 0 saturated heterocycles. The Morgan fingerprint density at radius 1 is 1.38 bits per heavy atom. The normalized spacial score (nSPS) is 15.2. The first-order valence-corrected chi connectivity index (χ1v) is 6.40. The summed E-state index contributed by atoms with van der Waals surface area (Å²) >= 11 is 3.46. The van der Waals surface area contributed by atoms with Crippen molar-refractivity contribution in [1.82, 2.24) is 0 Å². The summed E-state index contributed by atoms with van der Waals surface area (Å²) in [5.41, 5.74) is 7.79. The lowest BCUT2D eigenvalue weighted by Crippen LogP contribution is -2.26. The van der Waals surface area contributed by atoms with Crippen molar-refractivity contribution < 1.29 is 5.11 Å². The third-order valence-electron chi connectivity index (χ3n) is 3.06. The van der Waals surface area contributed by atoms with Gasteiger partial charge in [0, 0.05) is 10.4 Å². The van der Waals surface area contributed by atoms with E-state index in [1.807, 2.05) is 25.1 Å². The summed E-state index contributed by atoms with van der Waals surface area (Å²) in [6.07, 6.45) is -0.475. The topological polar surface area (TPSA) is 46.2 Å². The Morgan fingerprint density at radius 2 is 2.00 bits per heavy atom. The molecule has 0 amide bonds. The van der Waals surface area contributed by atoms with E-state index in [0.29, 0.717) is 12.5 Å². The number of aryl methyl sites for hydroxylation is 1. The van der Waals surface area contributed by atoms with Gasteiger partial charge in [-0.3, -0.25) is 0 Å². The van der Waals surface area contributed by atoms with E-state index in [4.69, 9.17) is 5.73 Å². The van der Waals surface area contributed by atoms with Crippen molar-refractivity contribution in [3.8, 4) is 0 Å². The monoisotopic (exact) mass is 285 g/mol. The molecule has 90 valence electrons. The molecular weight excluding hydrogens is 266 g/mol. The molecule has 2 nitrogen and oxygen atoms in total. The molecule has 0 aliphatic heterocycles. The van der Waals surface area contributed by atoms with E-state index >= 15 is 0 Å². The Kier molecular flexibility index (Phi) is 4.96. The lowest BCUT2D eigenvalue weighted by atomic mass is 9.86.